The van der Waals surface area contributed by atoms with Gasteiger partial charge >= 0.3 is 0 Å². The molecule has 0 radical (unpaired) electrons. The van der Waals surface area contributed by atoms with Crippen LogP contribution in [0.1, 0.15) is 31.9 Å². The van der Waals surface area contributed by atoms with Gasteiger partial charge in [0.1, 0.15) is 11.5 Å². The van der Waals surface area contributed by atoms with Crippen LogP contribution in [0, 0.1) is 0 Å². The van der Waals surface area contributed by atoms with Crippen molar-refractivity contribution in [3.63, 3.8) is 0 Å². The van der Waals surface area contributed by atoms with Crippen LogP contribution in [0.2, 0.25) is 5.02 Å². The number of anilines is 2. The lowest BCUT2D eigenvalue weighted by molar-refractivity contribution is -0.117. The van der Waals surface area contributed by atoms with Gasteiger partial charge in [-0.25, -0.2) is 0 Å². The van der Waals surface area contributed by atoms with Crippen molar-refractivity contribution in [1.29, 1.82) is 0 Å². The van der Waals surface area contributed by atoms with Crippen LogP contribution in [-0.4, -0.2) is 63.3 Å². The fraction of sp³-hybridized carbons (Fsp3) is 0.500. The number of hydrogen-bond donors (Lipinski definition) is 0. The lowest BCUT2D eigenvalue weighted by Gasteiger charge is -2.44. The maximum absolute atomic E-state index is 13.3. The normalized spacial score (nSPS) is 20.7. The molecule has 1 amide bonds. The number of hydrogen-bond acceptors (Lipinski definition) is 5. The number of halogens is 1. The molecular formula is C26H34ClN3O3. The topological polar surface area (TPSA) is 45.2 Å². The van der Waals surface area contributed by atoms with E-state index in [1.165, 1.54) is 0 Å². The average molecular weight is 472 g/mol. The standard InChI is InChI=1S/C26H34ClN3O3/c1-6-33-24-8-7-19(11-21(24)27)12-26(31)30-10-9-20-13-25(32-5)23(14-22(20)30)29-15-17(2)28(4)18(3)16-29/h7-8,11,13-14,17-18H,6,9-10,12,15-16H2,1-5H3/t17-,18+. The Morgan fingerprint density at radius 1 is 1.09 bits per heavy atom. The van der Waals surface area contributed by atoms with Crippen LogP contribution in [0.3, 0.4) is 0 Å². The van der Waals surface area contributed by atoms with Gasteiger partial charge in [0.2, 0.25) is 5.91 Å². The molecule has 178 valence electrons. The van der Waals surface area contributed by atoms with Gasteiger partial charge in [-0.15, -0.1) is 0 Å². The number of methoxy groups -OCH3 is 1. The van der Waals surface area contributed by atoms with Crippen LogP contribution in [0.15, 0.2) is 30.3 Å². The predicted octanol–water partition coefficient (Wildman–Crippen LogP) is 4.41. The van der Waals surface area contributed by atoms with Crippen LogP contribution >= 0.6 is 11.6 Å². The summed E-state index contributed by atoms with van der Waals surface area (Å²) in [5.41, 5.74) is 4.10. The van der Waals surface area contributed by atoms with E-state index in [1.807, 2.05) is 30.0 Å². The van der Waals surface area contributed by atoms with Crippen molar-refractivity contribution in [1.82, 2.24) is 4.90 Å². The average Bonchev–Trinajstić information content (AvgIpc) is 3.21. The highest BCUT2D eigenvalue weighted by atomic mass is 35.5. The van der Waals surface area contributed by atoms with Gasteiger partial charge in [-0.1, -0.05) is 17.7 Å². The fourth-order valence-electron chi connectivity index (χ4n) is 4.87. The lowest BCUT2D eigenvalue weighted by atomic mass is 10.1. The molecule has 0 bridgehead atoms. The molecule has 2 atom stereocenters. The zero-order chi connectivity index (χ0) is 23.7. The first-order chi connectivity index (χ1) is 15.8. The number of carbonyl (C=O) groups excluding carboxylic acids is 1. The Bertz CT molecular complexity index is 1020. The maximum atomic E-state index is 13.3. The van der Waals surface area contributed by atoms with E-state index in [2.05, 4.69) is 42.8 Å². The van der Waals surface area contributed by atoms with E-state index in [9.17, 15) is 4.79 Å². The highest BCUT2D eigenvalue weighted by molar-refractivity contribution is 6.32. The van der Waals surface area contributed by atoms with E-state index in [0.717, 1.165) is 47.8 Å². The zero-order valence-electron chi connectivity index (χ0n) is 20.2. The van der Waals surface area contributed by atoms with Crippen LogP contribution < -0.4 is 19.3 Å². The number of fused-ring (bicyclic) bond motifs is 1. The quantitative estimate of drug-likeness (QED) is 0.624. The van der Waals surface area contributed by atoms with Crippen molar-refractivity contribution < 1.29 is 14.3 Å². The Labute approximate surface area is 202 Å². The van der Waals surface area contributed by atoms with Crippen molar-refractivity contribution in [3.8, 4) is 11.5 Å². The molecule has 2 aliphatic rings. The molecule has 0 aromatic heterocycles. The van der Waals surface area contributed by atoms with Gasteiger partial charge in [-0.2, -0.15) is 0 Å². The Balaban J connectivity index is 1.57. The molecule has 4 rings (SSSR count). The van der Waals surface area contributed by atoms with Crippen molar-refractivity contribution in [2.45, 2.75) is 45.7 Å². The highest BCUT2D eigenvalue weighted by Crippen LogP contribution is 2.40. The second-order valence-electron chi connectivity index (χ2n) is 9.09. The fourth-order valence-corrected chi connectivity index (χ4v) is 5.13. The number of nitrogens with zero attached hydrogens (tertiary/aromatic N) is 3. The molecule has 2 heterocycles. The minimum absolute atomic E-state index is 0.0743. The van der Waals surface area contributed by atoms with Gasteiger partial charge in [0.25, 0.3) is 0 Å². The summed E-state index contributed by atoms with van der Waals surface area (Å²) in [6.45, 7) is 9.51. The highest BCUT2D eigenvalue weighted by Gasteiger charge is 2.31. The lowest BCUT2D eigenvalue weighted by Crippen LogP contribution is -2.55. The van der Waals surface area contributed by atoms with Gasteiger partial charge in [-0.3, -0.25) is 9.69 Å². The predicted molar refractivity (Wildman–Crippen MR) is 134 cm³/mol. The Kier molecular flexibility index (Phi) is 7.05. The summed E-state index contributed by atoms with van der Waals surface area (Å²) in [7, 11) is 3.90. The molecule has 0 aliphatic carbocycles. The van der Waals surface area contributed by atoms with E-state index in [1.54, 1.807) is 7.11 Å². The number of ether oxygens (including phenoxy) is 2. The number of likely N-dealkylation sites (N-methyl/N-ethyl adjacent to an activating group) is 1. The third kappa shape index (κ3) is 4.78. The molecule has 7 heteroatoms. The number of rotatable bonds is 6. The molecule has 2 aromatic rings. The van der Waals surface area contributed by atoms with Crippen molar-refractivity contribution in [3.05, 3.63) is 46.5 Å². The number of carbonyl (C=O) groups is 1. The molecule has 6 nitrogen and oxygen atoms in total. The maximum Gasteiger partial charge on any atom is 0.231 e. The summed E-state index contributed by atoms with van der Waals surface area (Å²) in [6.07, 6.45) is 1.13. The third-order valence-electron chi connectivity index (χ3n) is 6.93. The Morgan fingerprint density at radius 2 is 1.82 bits per heavy atom. The van der Waals surface area contributed by atoms with E-state index in [0.29, 0.717) is 42.4 Å². The molecule has 1 fully saturated rings. The zero-order valence-corrected chi connectivity index (χ0v) is 21.0. The Morgan fingerprint density at radius 3 is 2.45 bits per heavy atom. The first kappa shape index (κ1) is 23.7. The van der Waals surface area contributed by atoms with Crippen LogP contribution in [0.25, 0.3) is 0 Å². The number of amides is 1. The van der Waals surface area contributed by atoms with Gasteiger partial charge in [0.05, 0.1) is 30.8 Å². The first-order valence-corrected chi connectivity index (χ1v) is 12.1. The van der Waals surface area contributed by atoms with Crippen molar-refractivity contribution in [2.24, 2.45) is 0 Å². The molecular weight excluding hydrogens is 438 g/mol. The molecule has 2 aromatic carbocycles. The summed E-state index contributed by atoms with van der Waals surface area (Å²) in [4.78, 5) is 20.0. The number of benzene rings is 2. The third-order valence-corrected chi connectivity index (χ3v) is 7.22. The van der Waals surface area contributed by atoms with E-state index < -0.39 is 0 Å². The van der Waals surface area contributed by atoms with Gasteiger partial charge in [0, 0.05) is 37.4 Å². The molecule has 0 unspecified atom stereocenters. The van der Waals surface area contributed by atoms with Crippen LogP contribution in [0.5, 0.6) is 11.5 Å². The summed E-state index contributed by atoms with van der Waals surface area (Å²) in [5, 5.41) is 0.536. The summed E-state index contributed by atoms with van der Waals surface area (Å²) < 4.78 is 11.3. The molecule has 1 saturated heterocycles. The summed E-state index contributed by atoms with van der Waals surface area (Å²) >= 11 is 6.33. The molecule has 33 heavy (non-hydrogen) atoms. The van der Waals surface area contributed by atoms with Gasteiger partial charge in [0.15, 0.2) is 0 Å². The van der Waals surface area contributed by atoms with Crippen molar-refractivity contribution >= 4 is 28.9 Å². The minimum atomic E-state index is 0.0743. The van der Waals surface area contributed by atoms with Crippen LogP contribution in [0.4, 0.5) is 11.4 Å². The minimum Gasteiger partial charge on any atom is -0.495 e. The van der Waals surface area contributed by atoms with Gasteiger partial charge < -0.3 is 19.3 Å². The molecule has 2 aliphatic heterocycles. The van der Waals surface area contributed by atoms with E-state index >= 15 is 0 Å². The smallest absolute Gasteiger partial charge is 0.231 e. The van der Waals surface area contributed by atoms with Gasteiger partial charge in [-0.05, 0) is 69.6 Å². The Hall–Kier alpha value is -2.44. The molecule has 0 N–H and O–H groups in total. The largest absolute Gasteiger partial charge is 0.495 e. The van der Waals surface area contributed by atoms with Crippen molar-refractivity contribution in [2.75, 3.05) is 50.2 Å². The molecule has 0 spiro atoms. The number of piperazine rings is 1. The second-order valence-corrected chi connectivity index (χ2v) is 9.50. The van der Waals surface area contributed by atoms with E-state index in [4.69, 9.17) is 21.1 Å². The summed E-state index contributed by atoms with van der Waals surface area (Å²) in [6, 6.07) is 10.7. The first-order valence-electron chi connectivity index (χ1n) is 11.7. The SMILES string of the molecule is CCOc1ccc(CC(=O)N2CCc3cc(OC)c(N4C[C@@H](C)N(C)[C@@H](C)C4)cc32)cc1Cl. The van der Waals surface area contributed by atoms with Crippen LogP contribution in [-0.2, 0) is 17.6 Å². The molecule has 0 saturated carbocycles. The summed E-state index contributed by atoms with van der Waals surface area (Å²) in [5.74, 6) is 1.60. The second kappa shape index (κ2) is 9.82. The van der Waals surface area contributed by atoms with E-state index in [-0.39, 0.29) is 5.91 Å². The monoisotopic (exact) mass is 471 g/mol.